The Hall–Kier alpha value is -2.31. The van der Waals surface area contributed by atoms with Gasteiger partial charge in [-0.3, -0.25) is 14.5 Å². The van der Waals surface area contributed by atoms with Crippen molar-refractivity contribution in [2.45, 2.75) is 31.6 Å². The molecule has 0 aliphatic rings. The highest BCUT2D eigenvalue weighted by Crippen LogP contribution is 2.24. The van der Waals surface area contributed by atoms with Crippen molar-refractivity contribution < 1.29 is 9.59 Å². The van der Waals surface area contributed by atoms with Gasteiger partial charge in [0.05, 0.1) is 18.8 Å². The maximum absolute atomic E-state index is 12.5. The Kier molecular flexibility index (Phi) is 8.54. The number of anilines is 2. The van der Waals surface area contributed by atoms with Gasteiger partial charge < -0.3 is 10.6 Å². The average molecular weight is 400 g/mol. The molecule has 2 aromatic carbocycles. The van der Waals surface area contributed by atoms with Gasteiger partial charge in [-0.05, 0) is 49.4 Å². The molecule has 2 rings (SSSR count). The minimum Gasteiger partial charge on any atom is -0.324 e. The zero-order valence-electron chi connectivity index (χ0n) is 17.0. The number of nitrogens with zero attached hydrogens (tertiary/aromatic N) is 1. The van der Waals surface area contributed by atoms with Crippen LogP contribution in [-0.2, 0) is 22.4 Å². The van der Waals surface area contributed by atoms with Crippen LogP contribution < -0.4 is 10.6 Å². The Morgan fingerprint density at radius 3 is 2.04 bits per heavy atom. The Bertz CT molecular complexity index is 801. The van der Waals surface area contributed by atoms with E-state index in [-0.39, 0.29) is 24.9 Å². The number of aryl methyl sites for hydroxylation is 2. The van der Waals surface area contributed by atoms with Crippen LogP contribution in [0.5, 0.6) is 0 Å². The first-order chi connectivity index (χ1) is 13.5. The molecular weight excluding hydrogens is 370 g/mol. The zero-order valence-corrected chi connectivity index (χ0v) is 17.9. The fourth-order valence-corrected chi connectivity index (χ4v) is 3.62. The molecule has 0 saturated carbocycles. The van der Waals surface area contributed by atoms with Gasteiger partial charge in [0, 0.05) is 10.6 Å². The van der Waals surface area contributed by atoms with Gasteiger partial charge in [-0.1, -0.05) is 44.2 Å². The third kappa shape index (κ3) is 6.11. The predicted molar refractivity (Wildman–Crippen MR) is 118 cm³/mol. The van der Waals surface area contributed by atoms with Gasteiger partial charge in [0.25, 0.3) is 0 Å². The summed E-state index contributed by atoms with van der Waals surface area (Å²) in [6, 6.07) is 13.8. The Balaban J connectivity index is 1.93. The molecule has 0 aliphatic carbocycles. The molecule has 0 bridgehead atoms. The summed E-state index contributed by atoms with van der Waals surface area (Å²) in [6.45, 7) is 4.45. The number of carbonyl (C=O) groups is 2. The van der Waals surface area contributed by atoms with E-state index < -0.39 is 0 Å². The molecule has 2 aromatic rings. The normalized spacial score (nSPS) is 10.8. The van der Waals surface area contributed by atoms with Gasteiger partial charge >= 0.3 is 0 Å². The van der Waals surface area contributed by atoms with Crippen molar-refractivity contribution in [2.75, 3.05) is 37.0 Å². The molecule has 6 heteroatoms. The molecule has 150 valence electrons. The number of thioether (sulfide) groups is 1. The summed E-state index contributed by atoms with van der Waals surface area (Å²) < 4.78 is 0. The van der Waals surface area contributed by atoms with Gasteiger partial charge in [-0.25, -0.2) is 0 Å². The van der Waals surface area contributed by atoms with Crippen molar-refractivity contribution in [3.8, 4) is 0 Å². The standard InChI is InChI=1S/C22H29N3O2S/c1-5-16-10-9-11-17(6-2)22(16)24-21(27)15-25(3)14-20(26)23-18-12-7-8-13-19(18)28-4/h7-13H,5-6,14-15H2,1-4H3,(H,23,26)(H,24,27). The summed E-state index contributed by atoms with van der Waals surface area (Å²) in [5.41, 5.74) is 3.95. The number of amides is 2. The molecule has 0 atom stereocenters. The zero-order chi connectivity index (χ0) is 20.5. The van der Waals surface area contributed by atoms with Crippen LogP contribution in [0.3, 0.4) is 0 Å². The highest BCUT2D eigenvalue weighted by molar-refractivity contribution is 7.98. The third-order valence-electron chi connectivity index (χ3n) is 4.47. The molecule has 0 aliphatic heterocycles. The lowest BCUT2D eigenvalue weighted by atomic mass is 10.0. The first kappa shape index (κ1) is 22.0. The van der Waals surface area contributed by atoms with Crippen LogP contribution in [0, 0.1) is 0 Å². The SMILES string of the molecule is CCc1cccc(CC)c1NC(=O)CN(C)CC(=O)Nc1ccccc1SC. The molecule has 2 amide bonds. The first-order valence-electron chi connectivity index (χ1n) is 9.50. The van der Waals surface area contributed by atoms with E-state index in [1.54, 1.807) is 23.7 Å². The van der Waals surface area contributed by atoms with Gasteiger partial charge in [-0.2, -0.15) is 0 Å². The summed E-state index contributed by atoms with van der Waals surface area (Å²) in [6.07, 6.45) is 3.69. The number of nitrogens with one attached hydrogen (secondary N) is 2. The van der Waals surface area contributed by atoms with E-state index in [4.69, 9.17) is 0 Å². The van der Waals surface area contributed by atoms with Crippen LogP contribution in [-0.4, -0.2) is 43.1 Å². The number of carbonyl (C=O) groups excluding carboxylic acids is 2. The smallest absolute Gasteiger partial charge is 0.238 e. The third-order valence-corrected chi connectivity index (χ3v) is 5.27. The molecule has 0 unspecified atom stereocenters. The van der Waals surface area contributed by atoms with Crippen molar-refractivity contribution in [2.24, 2.45) is 0 Å². The predicted octanol–water partition coefficient (Wildman–Crippen LogP) is 4.04. The minimum atomic E-state index is -0.139. The van der Waals surface area contributed by atoms with Crippen LogP contribution in [0.2, 0.25) is 0 Å². The Morgan fingerprint density at radius 1 is 0.893 bits per heavy atom. The average Bonchev–Trinajstić information content (AvgIpc) is 2.68. The van der Waals surface area contributed by atoms with Crippen molar-refractivity contribution >= 4 is 35.0 Å². The number of likely N-dealkylation sites (N-methyl/N-ethyl adjacent to an activating group) is 1. The van der Waals surface area contributed by atoms with Gasteiger partial charge in [0.15, 0.2) is 0 Å². The molecule has 5 nitrogen and oxygen atoms in total. The lowest BCUT2D eigenvalue weighted by Crippen LogP contribution is -2.36. The Morgan fingerprint density at radius 2 is 1.46 bits per heavy atom. The van der Waals surface area contributed by atoms with Crippen LogP contribution in [0.1, 0.15) is 25.0 Å². The first-order valence-corrected chi connectivity index (χ1v) is 10.7. The van der Waals surface area contributed by atoms with Crippen LogP contribution in [0.15, 0.2) is 47.4 Å². The summed E-state index contributed by atoms with van der Waals surface area (Å²) in [7, 11) is 1.77. The van der Waals surface area contributed by atoms with Gasteiger partial charge in [-0.15, -0.1) is 11.8 Å². The lowest BCUT2D eigenvalue weighted by molar-refractivity contribution is -0.119. The van der Waals surface area contributed by atoms with E-state index in [1.807, 2.05) is 48.7 Å². The molecule has 2 N–H and O–H groups in total. The fraction of sp³-hybridized carbons (Fsp3) is 0.364. The van der Waals surface area contributed by atoms with Crippen molar-refractivity contribution in [3.05, 3.63) is 53.6 Å². The monoisotopic (exact) mass is 399 g/mol. The summed E-state index contributed by atoms with van der Waals surface area (Å²) in [5.74, 6) is -0.254. The van der Waals surface area contributed by atoms with Crippen molar-refractivity contribution in [3.63, 3.8) is 0 Å². The molecule has 0 aromatic heterocycles. The minimum absolute atomic E-state index is 0.115. The van der Waals surface area contributed by atoms with E-state index >= 15 is 0 Å². The number of para-hydroxylation sites is 2. The molecule has 0 saturated heterocycles. The fourth-order valence-electron chi connectivity index (χ4n) is 3.07. The molecule has 0 spiro atoms. The summed E-state index contributed by atoms with van der Waals surface area (Å²) in [5, 5.41) is 5.96. The molecular formula is C22H29N3O2S. The van der Waals surface area contributed by atoms with E-state index in [1.165, 1.54) is 0 Å². The highest BCUT2D eigenvalue weighted by atomic mass is 32.2. The van der Waals surface area contributed by atoms with E-state index in [0.717, 1.165) is 40.2 Å². The van der Waals surface area contributed by atoms with E-state index in [0.29, 0.717) is 0 Å². The number of hydrogen-bond acceptors (Lipinski definition) is 4. The second kappa shape index (κ2) is 10.9. The van der Waals surface area contributed by atoms with Crippen molar-refractivity contribution in [1.82, 2.24) is 4.90 Å². The largest absolute Gasteiger partial charge is 0.324 e. The molecule has 0 radical (unpaired) electrons. The van der Waals surface area contributed by atoms with Gasteiger partial charge in [0.2, 0.25) is 11.8 Å². The van der Waals surface area contributed by atoms with Gasteiger partial charge in [0.1, 0.15) is 0 Å². The van der Waals surface area contributed by atoms with Crippen molar-refractivity contribution in [1.29, 1.82) is 0 Å². The number of rotatable bonds is 9. The highest BCUT2D eigenvalue weighted by Gasteiger charge is 2.14. The number of hydrogen-bond donors (Lipinski definition) is 2. The summed E-state index contributed by atoms with van der Waals surface area (Å²) in [4.78, 5) is 27.6. The maximum Gasteiger partial charge on any atom is 0.238 e. The van der Waals surface area contributed by atoms with Crippen LogP contribution >= 0.6 is 11.8 Å². The Labute approximate surface area is 171 Å². The second-order valence-corrected chi connectivity index (χ2v) is 7.48. The summed E-state index contributed by atoms with van der Waals surface area (Å²) >= 11 is 1.58. The molecule has 28 heavy (non-hydrogen) atoms. The topological polar surface area (TPSA) is 61.4 Å². The van der Waals surface area contributed by atoms with Crippen LogP contribution in [0.25, 0.3) is 0 Å². The maximum atomic E-state index is 12.5. The van der Waals surface area contributed by atoms with Crippen LogP contribution in [0.4, 0.5) is 11.4 Å². The second-order valence-electron chi connectivity index (χ2n) is 6.63. The van der Waals surface area contributed by atoms with E-state index in [9.17, 15) is 9.59 Å². The van der Waals surface area contributed by atoms with E-state index in [2.05, 4.69) is 24.5 Å². The molecule has 0 heterocycles. The quantitative estimate of drug-likeness (QED) is 0.625. The lowest BCUT2D eigenvalue weighted by Gasteiger charge is -2.19. The molecule has 0 fully saturated rings. The number of benzene rings is 2.